The fourth-order valence-corrected chi connectivity index (χ4v) is 4.26. The monoisotopic (exact) mass is 258 g/mol. The smallest absolute Gasteiger partial charge is 0.208 e. The lowest BCUT2D eigenvalue weighted by molar-refractivity contribution is 0.450. The third-order valence-electron chi connectivity index (χ3n) is 2.61. The number of hydrogen-bond donors (Lipinski definition) is 1. The summed E-state index contributed by atoms with van der Waals surface area (Å²) in [6.45, 7) is 5.74. The third-order valence-corrected chi connectivity index (χ3v) is 5.45. The zero-order chi connectivity index (χ0) is 11.4. The van der Waals surface area contributed by atoms with Crippen LogP contribution in [0.4, 0.5) is 0 Å². The minimum Gasteiger partial charge on any atom is -0.444 e. The summed E-state index contributed by atoms with van der Waals surface area (Å²) in [4.78, 5) is 4.35. The summed E-state index contributed by atoms with van der Waals surface area (Å²) in [7, 11) is 0. The number of aryl methyl sites for hydroxylation is 2. The van der Waals surface area contributed by atoms with E-state index >= 15 is 0 Å². The highest BCUT2D eigenvalue weighted by molar-refractivity contribution is 8.06. The van der Waals surface area contributed by atoms with Crippen molar-refractivity contribution in [3.63, 3.8) is 0 Å². The van der Waals surface area contributed by atoms with E-state index in [-0.39, 0.29) is 0 Å². The molecule has 1 aliphatic rings. The molecule has 16 heavy (non-hydrogen) atoms. The Bertz CT molecular complexity index is 315. The molecule has 3 nitrogen and oxygen atoms in total. The molecule has 1 N–H and O–H groups in total. The Hall–Kier alpha value is -0.130. The second kappa shape index (κ2) is 5.98. The van der Waals surface area contributed by atoms with Gasteiger partial charge in [0.15, 0.2) is 0 Å². The predicted molar refractivity (Wildman–Crippen MR) is 71.3 cm³/mol. The number of aromatic nitrogens is 1. The minimum absolute atomic E-state index is 0.746. The van der Waals surface area contributed by atoms with E-state index in [1.54, 1.807) is 0 Å². The van der Waals surface area contributed by atoms with Crippen LogP contribution in [0.5, 0.6) is 0 Å². The average Bonchev–Trinajstić information content (AvgIpc) is 2.60. The summed E-state index contributed by atoms with van der Waals surface area (Å²) in [6.07, 6.45) is 0. The van der Waals surface area contributed by atoms with Gasteiger partial charge in [0.25, 0.3) is 0 Å². The van der Waals surface area contributed by atoms with Crippen LogP contribution in [0.2, 0.25) is 0 Å². The zero-order valence-electron chi connectivity index (χ0n) is 9.78. The summed E-state index contributed by atoms with van der Waals surface area (Å²) in [5, 5.41) is 4.17. The highest BCUT2D eigenvalue weighted by Crippen LogP contribution is 2.23. The molecular weight excluding hydrogens is 240 g/mol. The first-order valence-corrected chi connectivity index (χ1v) is 7.79. The molecule has 1 atom stereocenters. The summed E-state index contributed by atoms with van der Waals surface area (Å²) >= 11 is 4.13. The topological polar surface area (TPSA) is 38.1 Å². The molecule has 0 bridgehead atoms. The van der Waals surface area contributed by atoms with Crippen molar-refractivity contribution in [2.75, 3.05) is 23.8 Å². The standard InChI is InChI=1S/C11H18N2OS2/c1-8-9(2)14-11(13-8)6-12-5-10-7-15-3-4-16-10/h10,12H,3-7H2,1-2H3. The number of rotatable bonds is 4. The summed E-state index contributed by atoms with van der Waals surface area (Å²) < 4.78 is 5.52. The van der Waals surface area contributed by atoms with Crippen molar-refractivity contribution in [3.05, 3.63) is 17.3 Å². The van der Waals surface area contributed by atoms with Gasteiger partial charge in [-0.05, 0) is 13.8 Å². The van der Waals surface area contributed by atoms with Crippen molar-refractivity contribution >= 4 is 23.5 Å². The minimum atomic E-state index is 0.746. The van der Waals surface area contributed by atoms with Gasteiger partial charge in [0.1, 0.15) is 5.76 Å². The summed E-state index contributed by atoms with van der Waals surface area (Å²) in [6, 6.07) is 0. The largest absolute Gasteiger partial charge is 0.444 e. The molecule has 90 valence electrons. The Morgan fingerprint density at radius 2 is 2.31 bits per heavy atom. The van der Waals surface area contributed by atoms with Crippen molar-refractivity contribution in [2.24, 2.45) is 0 Å². The van der Waals surface area contributed by atoms with Gasteiger partial charge in [-0.2, -0.15) is 23.5 Å². The van der Waals surface area contributed by atoms with Crippen molar-refractivity contribution in [1.29, 1.82) is 0 Å². The van der Waals surface area contributed by atoms with Gasteiger partial charge in [-0.1, -0.05) is 0 Å². The molecule has 1 saturated heterocycles. The number of nitrogens with one attached hydrogen (secondary N) is 1. The fourth-order valence-electron chi connectivity index (χ4n) is 1.61. The molecule has 2 rings (SSSR count). The summed E-state index contributed by atoms with van der Waals surface area (Å²) in [5.74, 6) is 5.59. The second-order valence-electron chi connectivity index (χ2n) is 3.95. The van der Waals surface area contributed by atoms with E-state index in [1.165, 1.54) is 17.3 Å². The van der Waals surface area contributed by atoms with E-state index in [1.807, 2.05) is 13.8 Å². The Morgan fingerprint density at radius 1 is 1.44 bits per heavy atom. The van der Waals surface area contributed by atoms with E-state index in [2.05, 4.69) is 33.8 Å². The van der Waals surface area contributed by atoms with Crippen molar-refractivity contribution in [3.8, 4) is 0 Å². The Balaban J connectivity index is 1.71. The Kier molecular flexibility index (Phi) is 4.61. The highest BCUT2D eigenvalue weighted by Gasteiger charge is 2.14. The normalized spacial score (nSPS) is 21.2. The van der Waals surface area contributed by atoms with E-state index in [0.29, 0.717) is 0 Å². The molecule has 1 aromatic rings. The van der Waals surface area contributed by atoms with E-state index in [4.69, 9.17) is 4.42 Å². The molecule has 0 aliphatic carbocycles. The van der Waals surface area contributed by atoms with E-state index in [0.717, 1.165) is 35.7 Å². The fraction of sp³-hybridized carbons (Fsp3) is 0.727. The van der Waals surface area contributed by atoms with Gasteiger partial charge < -0.3 is 9.73 Å². The lowest BCUT2D eigenvalue weighted by atomic mass is 10.4. The molecule has 0 saturated carbocycles. The predicted octanol–water partition coefficient (Wildman–Crippen LogP) is 2.23. The Morgan fingerprint density at radius 3 is 2.94 bits per heavy atom. The molecule has 0 aromatic carbocycles. The lowest BCUT2D eigenvalue weighted by Gasteiger charge is -2.20. The first-order chi connectivity index (χ1) is 7.75. The van der Waals surface area contributed by atoms with Crippen molar-refractivity contribution in [2.45, 2.75) is 25.6 Å². The molecule has 0 amide bonds. The number of hydrogen-bond acceptors (Lipinski definition) is 5. The quantitative estimate of drug-likeness (QED) is 0.896. The van der Waals surface area contributed by atoms with Crippen LogP contribution in [0.1, 0.15) is 17.3 Å². The first-order valence-electron chi connectivity index (χ1n) is 5.58. The molecule has 2 heterocycles. The van der Waals surface area contributed by atoms with Gasteiger partial charge in [-0.15, -0.1) is 0 Å². The van der Waals surface area contributed by atoms with Crippen LogP contribution >= 0.6 is 23.5 Å². The molecule has 1 aromatic heterocycles. The molecular formula is C11H18N2OS2. The Labute approximate surface area is 105 Å². The second-order valence-corrected chi connectivity index (χ2v) is 6.51. The van der Waals surface area contributed by atoms with Crippen LogP contribution in [0, 0.1) is 13.8 Å². The van der Waals surface area contributed by atoms with Crippen LogP contribution < -0.4 is 5.32 Å². The molecule has 0 spiro atoms. The van der Waals surface area contributed by atoms with Crippen LogP contribution in [0.3, 0.4) is 0 Å². The zero-order valence-corrected chi connectivity index (χ0v) is 11.4. The van der Waals surface area contributed by atoms with Gasteiger partial charge in [0, 0.05) is 29.1 Å². The number of oxazole rings is 1. The third kappa shape index (κ3) is 3.43. The maximum atomic E-state index is 5.52. The highest BCUT2D eigenvalue weighted by atomic mass is 32.2. The molecule has 0 radical (unpaired) electrons. The summed E-state index contributed by atoms with van der Waals surface area (Å²) in [5.41, 5.74) is 0.999. The SMILES string of the molecule is Cc1nc(CNCC2CSCCS2)oc1C. The van der Waals surface area contributed by atoms with Crippen LogP contribution in [-0.4, -0.2) is 34.0 Å². The van der Waals surface area contributed by atoms with Gasteiger partial charge in [-0.25, -0.2) is 4.98 Å². The van der Waals surface area contributed by atoms with E-state index in [9.17, 15) is 0 Å². The van der Waals surface area contributed by atoms with Gasteiger partial charge in [0.2, 0.25) is 5.89 Å². The van der Waals surface area contributed by atoms with E-state index < -0.39 is 0 Å². The molecule has 1 fully saturated rings. The van der Waals surface area contributed by atoms with Gasteiger partial charge in [0.05, 0.1) is 12.2 Å². The lowest BCUT2D eigenvalue weighted by Crippen LogP contribution is -2.28. The van der Waals surface area contributed by atoms with Crippen molar-refractivity contribution < 1.29 is 4.42 Å². The first kappa shape index (κ1) is 12.3. The maximum Gasteiger partial charge on any atom is 0.208 e. The number of nitrogens with zero attached hydrogens (tertiary/aromatic N) is 1. The number of thioether (sulfide) groups is 2. The molecule has 1 unspecified atom stereocenters. The maximum absolute atomic E-state index is 5.52. The van der Waals surface area contributed by atoms with Crippen LogP contribution in [-0.2, 0) is 6.54 Å². The molecule has 1 aliphatic heterocycles. The molecule has 5 heteroatoms. The van der Waals surface area contributed by atoms with Crippen LogP contribution in [0.25, 0.3) is 0 Å². The van der Waals surface area contributed by atoms with Crippen LogP contribution in [0.15, 0.2) is 4.42 Å². The average molecular weight is 258 g/mol. The van der Waals surface area contributed by atoms with Gasteiger partial charge >= 0.3 is 0 Å². The van der Waals surface area contributed by atoms with Crippen molar-refractivity contribution in [1.82, 2.24) is 10.3 Å². The van der Waals surface area contributed by atoms with Gasteiger partial charge in [-0.3, -0.25) is 0 Å².